The van der Waals surface area contributed by atoms with Crippen LogP contribution in [0, 0.1) is 0 Å². The molecule has 1 aromatic carbocycles. The fourth-order valence-electron chi connectivity index (χ4n) is 2.16. The number of benzene rings is 1. The molecular weight excluding hydrogens is 236 g/mol. The Kier molecular flexibility index (Phi) is 4.26. The quantitative estimate of drug-likeness (QED) is 0.895. The highest BCUT2D eigenvalue weighted by atomic mass is 35.5. The maximum absolute atomic E-state index is 6.02. The summed E-state index contributed by atoms with van der Waals surface area (Å²) in [4.78, 5) is 2.47. The summed E-state index contributed by atoms with van der Waals surface area (Å²) in [5, 5.41) is 4.07. The summed E-state index contributed by atoms with van der Waals surface area (Å²) in [6, 6.07) is 6.57. The van der Waals surface area contributed by atoms with E-state index in [9.17, 15) is 0 Å². The zero-order valence-electron chi connectivity index (χ0n) is 10.4. The van der Waals surface area contributed by atoms with E-state index in [1.165, 1.54) is 5.56 Å². The molecule has 0 aliphatic carbocycles. The van der Waals surface area contributed by atoms with E-state index in [-0.39, 0.29) is 0 Å². The second-order valence-electron chi connectivity index (χ2n) is 4.49. The number of methoxy groups -OCH3 is 1. The lowest BCUT2D eigenvalue weighted by Gasteiger charge is -2.33. The van der Waals surface area contributed by atoms with Crippen molar-refractivity contribution in [3.63, 3.8) is 0 Å². The largest absolute Gasteiger partial charge is 0.495 e. The summed E-state index contributed by atoms with van der Waals surface area (Å²) in [5.74, 6) is 0.756. The lowest BCUT2D eigenvalue weighted by atomic mass is 10.1. The summed E-state index contributed by atoms with van der Waals surface area (Å²) in [5.41, 5.74) is 1.25. The summed E-state index contributed by atoms with van der Waals surface area (Å²) in [6.45, 7) is 6.42. The molecule has 0 aromatic heterocycles. The lowest BCUT2D eigenvalue weighted by Crippen LogP contribution is -2.49. The van der Waals surface area contributed by atoms with Crippen molar-refractivity contribution in [2.45, 2.75) is 19.5 Å². The monoisotopic (exact) mass is 254 g/mol. The van der Waals surface area contributed by atoms with Crippen molar-refractivity contribution in [3.8, 4) is 5.75 Å². The van der Waals surface area contributed by atoms with E-state index >= 15 is 0 Å². The van der Waals surface area contributed by atoms with Gasteiger partial charge >= 0.3 is 0 Å². The normalized spacial score (nSPS) is 21.5. The van der Waals surface area contributed by atoms with Gasteiger partial charge in [-0.05, 0) is 24.6 Å². The van der Waals surface area contributed by atoms with E-state index < -0.39 is 0 Å². The molecule has 94 valence electrons. The molecule has 2 rings (SSSR count). The number of hydrogen-bond acceptors (Lipinski definition) is 3. The third kappa shape index (κ3) is 3.12. The van der Waals surface area contributed by atoms with Gasteiger partial charge in [0.1, 0.15) is 5.75 Å². The van der Waals surface area contributed by atoms with Crippen molar-refractivity contribution in [2.75, 3.05) is 26.7 Å². The second kappa shape index (κ2) is 5.71. The Morgan fingerprint density at radius 1 is 1.53 bits per heavy atom. The van der Waals surface area contributed by atoms with E-state index in [0.717, 1.165) is 31.9 Å². The number of piperazine rings is 1. The number of ether oxygens (including phenoxy) is 1. The molecule has 1 fully saturated rings. The molecule has 1 aliphatic rings. The first-order chi connectivity index (χ1) is 8.20. The first-order valence-electron chi connectivity index (χ1n) is 5.98. The van der Waals surface area contributed by atoms with Gasteiger partial charge in [0.2, 0.25) is 0 Å². The molecule has 0 spiro atoms. The SMILES string of the molecule is COc1cc(CN2CCNC[C@@H]2C)ccc1Cl. The maximum Gasteiger partial charge on any atom is 0.137 e. The van der Waals surface area contributed by atoms with E-state index in [1.807, 2.05) is 12.1 Å². The Morgan fingerprint density at radius 2 is 2.35 bits per heavy atom. The van der Waals surface area contributed by atoms with Crippen LogP contribution in [-0.4, -0.2) is 37.7 Å². The number of halogens is 1. The first kappa shape index (κ1) is 12.7. The molecule has 0 amide bonds. The van der Waals surface area contributed by atoms with Gasteiger partial charge < -0.3 is 10.1 Å². The third-order valence-corrected chi connectivity index (χ3v) is 3.55. The van der Waals surface area contributed by atoms with Gasteiger partial charge in [-0.3, -0.25) is 4.90 Å². The minimum absolute atomic E-state index is 0.574. The Bertz CT molecular complexity index is 384. The van der Waals surface area contributed by atoms with E-state index in [0.29, 0.717) is 11.1 Å². The number of rotatable bonds is 3. The molecule has 1 N–H and O–H groups in total. The van der Waals surface area contributed by atoms with Crippen LogP contribution >= 0.6 is 11.6 Å². The van der Waals surface area contributed by atoms with Gasteiger partial charge in [0, 0.05) is 32.2 Å². The van der Waals surface area contributed by atoms with Gasteiger partial charge in [0.05, 0.1) is 12.1 Å². The van der Waals surface area contributed by atoms with E-state index in [4.69, 9.17) is 16.3 Å². The molecule has 17 heavy (non-hydrogen) atoms. The second-order valence-corrected chi connectivity index (χ2v) is 4.90. The highest BCUT2D eigenvalue weighted by Crippen LogP contribution is 2.25. The van der Waals surface area contributed by atoms with Crippen LogP contribution in [0.25, 0.3) is 0 Å². The smallest absolute Gasteiger partial charge is 0.137 e. The topological polar surface area (TPSA) is 24.5 Å². The van der Waals surface area contributed by atoms with E-state index in [2.05, 4.69) is 23.2 Å². The molecule has 1 atom stereocenters. The number of nitrogens with one attached hydrogen (secondary N) is 1. The Balaban J connectivity index is 2.07. The van der Waals surface area contributed by atoms with Crippen molar-refractivity contribution in [3.05, 3.63) is 28.8 Å². The van der Waals surface area contributed by atoms with Crippen molar-refractivity contribution in [2.24, 2.45) is 0 Å². The van der Waals surface area contributed by atoms with Gasteiger partial charge in [-0.2, -0.15) is 0 Å². The molecule has 0 unspecified atom stereocenters. The molecule has 1 heterocycles. The van der Waals surface area contributed by atoms with Gasteiger partial charge in [-0.15, -0.1) is 0 Å². The summed E-state index contributed by atoms with van der Waals surface area (Å²) < 4.78 is 5.24. The predicted molar refractivity (Wildman–Crippen MR) is 70.7 cm³/mol. The zero-order valence-corrected chi connectivity index (χ0v) is 11.1. The fraction of sp³-hybridized carbons (Fsp3) is 0.538. The molecular formula is C13H19ClN2O. The fourth-order valence-corrected chi connectivity index (χ4v) is 2.35. The van der Waals surface area contributed by atoms with Gasteiger partial charge in [-0.1, -0.05) is 17.7 Å². The first-order valence-corrected chi connectivity index (χ1v) is 6.35. The van der Waals surface area contributed by atoms with Gasteiger partial charge in [0.15, 0.2) is 0 Å². The Morgan fingerprint density at radius 3 is 3.06 bits per heavy atom. The average molecular weight is 255 g/mol. The van der Waals surface area contributed by atoms with Crippen LogP contribution in [0.3, 0.4) is 0 Å². The van der Waals surface area contributed by atoms with Crippen molar-refractivity contribution in [1.82, 2.24) is 10.2 Å². The highest BCUT2D eigenvalue weighted by molar-refractivity contribution is 6.32. The van der Waals surface area contributed by atoms with Crippen molar-refractivity contribution >= 4 is 11.6 Å². The van der Waals surface area contributed by atoms with Crippen molar-refractivity contribution in [1.29, 1.82) is 0 Å². The standard InChI is InChI=1S/C13H19ClN2O/c1-10-8-15-5-6-16(10)9-11-3-4-12(14)13(7-11)17-2/h3-4,7,10,15H,5-6,8-9H2,1-2H3/t10-/m0/s1. The highest BCUT2D eigenvalue weighted by Gasteiger charge is 2.18. The van der Waals surface area contributed by atoms with Crippen LogP contribution in [0.2, 0.25) is 5.02 Å². The molecule has 1 saturated heterocycles. The average Bonchev–Trinajstić information content (AvgIpc) is 2.34. The summed E-state index contributed by atoms with van der Waals surface area (Å²) in [6.07, 6.45) is 0. The Hall–Kier alpha value is -0.770. The predicted octanol–water partition coefficient (Wildman–Crippen LogP) is 2.14. The third-order valence-electron chi connectivity index (χ3n) is 3.24. The lowest BCUT2D eigenvalue weighted by molar-refractivity contribution is 0.165. The molecule has 0 bridgehead atoms. The van der Waals surface area contributed by atoms with Crippen LogP contribution in [0.1, 0.15) is 12.5 Å². The number of nitrogens with zero attached hydrogens (tertiary/aromatic N) is 1. The Labute approximate surface area is 108 Å². The van der Waals surface area contributed by atoms with Crippen LogP contribution in [-0.2, 0) is 6.54 Å². The van der Waals surface area contributed by atoms with Crippen LogP contribution < -0.4 is 10.1 Å². The molecule has 1 aromatic rings. The minimum Gasteiger partial charge on any atom is -0.495 e. The molecule has 0 radical (unpaired) electrons. The molecule has 4 heteroatoms. The molecule has 1 aliphatic heterocycles. The van der Waals surface area contributed by atoms with Gasteiger partial charge in [-0.25, -0.2) is 0 Å². The minimum atomic E-state index is 0.574. The summed E-state index contributed by atoms with van der Waals surface area (Å²) >= 11 is 6.02. The van der Waals surface area contributed by atoms with Crippen LogP contribution in [0.15, 0.2) is 18.2 Å². The maximum atomic E-state index is 6.02. The summed E-state index contributed by atoms with van der Waals surface area (Å²) in [7, 11) is 1.65. The van der Waals surface area contributed by atoms with Crippen molar-refractivity contribution < 1.29 is 4.74 Å². The number of hydrogen-bond donors (Lipinski definition) is 1. The van der Waals surface area contributed by atoms with Crippen LogP contribution in [0.4, 0.5) is 0 Å². The molecule has 0 saturated carbocycles. The van der Waals surface area contributed by atoms with Crippen LogP contribution in [0.5, 0.6) is 5.75 Å². The molecule has 3 nitrogen and oxygen atoms in total. The van der Waals surface area contributed by atoms with E-state index in [1.54, 1.807) is 7.11 Å². The van der Waals surface area contributed by atoms with Gasteiger partial charge in [0.25, 0.3) is 0 Å². The zero-order chi connectivity index (χ0) is 12.3.